The van der Waals surface area contributed by atoms with Gasteiger partial charge >= 0.3 is 0 Å². The molecule has 0 radical (unpaired) electrons. The average Bonchev–Trinajstić information content (AvgIpc) is 2.69. The van der Waals surface area contributed by atoms with Gasteiger partial charge in [0.2, 0.25) is 5.91 Å². The standard InChI is InChI=1S/C21H27FN4O.HI/c1-3-26(16-18-8-5-4-6-9-18)20(27)15-25-21(23-2)24-13-12-17-10-7-11-19(22)14-17;/h4-11,14H,3,12-13,15-16H2,1-2H3,(H2,23,24,25);1H. The normalized spacial score (nSPS) is 10.8. The smallest absolute Gasteiger partial charge is 0.242 e. The Morgan fingerprint density at radius 2 is 1.79 bits per heavy atom. The van der Waals surface area contributed by atoms with Crippen LogP contribution in [0.4, 0.5) is 4.39 Å². The zero-order valence-electron chi connectivity index (χ0n) is 16.3. The quantitative estimate of drug-likeness (QED) is 0.334. The lowest BCUT2D eigenvalue weighted by Gasteiger charge is -2.22. The zero-order chi connectivity index (χ0) is 19.5. The first-order valence-electron chi connectivity index (χ1n) is 9.13. The van der Waals surface area contributed by atoms with Gasteiger partial charge in [-0.25, -0.2) is 4.39 Å². The highest BCUT2D eigenvalue weighted by Gasteiger charge is 2.12. The van der Waals surface area contributed by atoms with Crippen LogP contribution >= 0.6 is 24.0 Å². The van der Waals surface area contributed by atoms with E-state index in [0.717, 1.165) is 11.1 Å². The summed E-state index contributed by atoms with van der Waals surface area (Å²) in [7, 11) is 1.66. The molecule has 0 saturated carbocycles. The molecule has 0 aromatic heterocycles. The van der Waals surface area contributed by atoms with E-state index in [1.807, 2.05) is 43.3 Å². The van der Waals surface area contributed by atoms with Gasteiger partial charge in [-0.2, -0.15) is 0 Å². The maximum atomic E-state index is 13.2. The van der Waals surface area contributed by atoms with Crippen LogP contribution in [0.3, 0.4) is 0 Å². The van der Waals surface area contributed by atoms with Crippen molar-refractivity contribution in [2.24, 2.45) is 4.99 Å². The van der Waals surface area contributed by atoms with E-state index in [4.69, 9.17) is 0 Å². The van der Waals surface area contributed by atoms with Crippen molar-refractivity contribution in [2.45, 2.75) is 19.9 Å². The summed E-state index contributed by atoms with van der Waals surface area (Å²) in [6.07, 6.45) is 0.668. The molecule has 152 valence electrons. The number of nitrogens with one attached hydrogen (secondary N) is 2. The molecule has 0 unspecified atom stereocenters. The number of rotatable bonds is 8. The van der Waals surface area contributed by atoms with Crippen molar-refractivity contribution < 1.29 is 9.18 Å². The number of hydrogen-bond acceptors (Lipinski definition) is 2. The van der Waals surface area contributed by atoms with Crippen LogP contribution in [-0.4, -0.2) is 43.4 Å². The molecule has 7 heteroatoms. The maximum absolute atomic E-state index is 13.2. The Morgan fingerprint density at radius 1 is 1.07 bits per heavy atom. The fourth-order valence-corrected chi connectivity index (χ4v) is 2.69. The molecule has 0 spiro atoms. The molecule has 5 nitrogen and oxygen atoms in total. The Bertz CT molecular complexity index is 755. The highest BCUT2D eigenvalue weighted by Crippen LogP contribution is 2.05. The van der Waals surface area contributed by atoms with Crippen LogP contribution in [0.25, 0.3) is 0 Å². The molecule has 0 aliphatic carbocycles. The number of nitrogens with zero attached hydrogens (tertiary/aromatic N) is 2. The van der Waals surface area contributed by atoms with Crippen molar-refractivity contribution in [3.8, 4) is 0 Å². The molecule has 28 heavy (non-hydrogen) atoms. The first kappa shape index (κ1) is 23.9. The first-order valence-corrected chi connectivity index (χ1v) is 9.13. The summed E-state index contributed by atoms with van der Waals surface area (Å²) in [6.45, 7) is 3.95. The van der Waals surface area contributed by atoms with Crippen LogP contribution < -0.4 is 10.6 Å². The Balaban J connectivity index is 0.00000392. The Labute approximate surface area is 183 Å². The third-order valence-electron chi connectivity index (χ3n) is 4.18. The number of halogens is 2. The van der Waals surface area contributed by atoms with Crippen molar-refractivity contribution >= 4 is 35.8 Å². The van der Waals surface area contributed by atoms with Crippen molar-refractivity contribution in [1.29, 1.82) is 0 Å². The summed E-state index contributed by atoms with van der Waals surface area (Å²) in [5.41, 5.74) is 2.01. The van der Waals surface area contributed by atoms with Gasteiger partial charge in [0.1, 0.15) is 5.82 Å². The summed E-state index contributed by atoms with van der Waals surface area (Å²) in [4.78, 5) is 18.4. The van der Waals surface area contributed by atoms with Crippen molar-refractivity contribution in [2.75, 3.05) is 26.7 Å². The molecule has 0 aliphatic rings. The van der Waals surface area contributed by atoms with E-state index >= 15 is 0 Å². The molecule has 0 saturated heterocycles. The lowest BCUT2D eigenvalue weighted by Crippen LogP contribution is -2.44. The van der Waals surface area contributed by atoms with Crippen LogP contribution in [-0.2, 0) is 17.8 Å². The van der Waals surface area contributed by atoms with Gasteiger partial charge in [-0.05, 0) is 36.6 Å². The van der Waals surface area contributed by atoms with Gasteiger partial charge in [-0.1, -0.05) is 42.5 Å². The number of benzene rings is 2. The molecule has 2 aromatic rings. The maximum Gasteiger partial charge on any atom is 0.242 e. The zero-order valence-corrected chi connectivity index (χ0v) is 18.7. The molecule has 2 rings (SSSR count). The predicted molar refractivity (Wildman–Crippen MR) is 122 cm³/mol. The highest BCUT2D eigenvalue weighted by molar-refractivity contribution is 14.0. The highest BCUT2D eigenvalue weighted by atomic mass is 127. The van der Waals surface area contributed by atoms with Gasteiger partial charge in [0.05, 0.1) is 6.54 Å². The van der Waals surface area contributed by atoms with E-state index in [-0.39, 0.29) is 42.2 Å². The second-order valence-corrected chi connectivity index (χ2v) is 6.13. The second kappa shape index (κ2) is 13.1. The van der Waals surface area contributed by atoms with E-state index in [0.29, 0.717) is 32.0 Å². The van der Waals surface area contributed by atoms with E-state index in [1.165, 1.54) is 12.1 Å². The third kappa shape index (κ3) is 8.24. The van der Waals surface area contributed by atoms with Gasteiger partial charge in [-0.3, -0.25) is 9.79 Å². The van der Waals surface area contributed by atoms with Crippen LogP contribution in [0, 0.1) is 5.82 Å². The minimum atomic E-state index is -0.237. The van der Waals surface area contributed by atoms with Crippen molar-refractivity contribution in [1.82, 2.24) is 15.5 Å². The van der Waals surface area contributed by atoms with Crippen LogP contribution in [0.1, 0.15) is 18.1 Å². The summed E-state index contributed by atoms with van der Waals surface area (Å²) < 4.78 is 13.2. The lowest BCUT2D eigenvalue weighted by atomic mass is 10.1. The summed E-state index contributed by atoms with van der Waals surface area (Å²) in [5.74, 6) is 0.323. The van der Waals surface area contributed by atoms with Crippen LogP contribution in [0.5, 0.6) is 0 Å². The molecule has 2 aromatic carbocycles. The Kier molecular flexibility index (Phi) is 11.2. The molecular weight excluding hydrogens is 470 g/mol. The predicted octanol–water partition coefficient (Wildman–Crippen LogP) is 3.20. The van der Waals surface area contributed by atoms with Crippen LogP contribution in [0.15, 0.2) is 59.6 Å². The molecule has 0 aliphatic heterocycles. The number of likely N-dealkylation sites (N-methyl/N-ethyl adjacent to an activating group) is 1. The van der Waals surface area contributed by atoms with Gasteiger partial charge in [0, 0.05) is 26.7 Å². The molecule has 0 bridgehead atoms. The van der Waals surface area contributed by atoms with E-state index in [9.17, 15) is 9.18 Å². The molecule has 1 amide bonds. The van der Waals surface area contributed by atoms with Gasteiger partial charge in [0.15, 0.2) is 5.96 Å². The van der Waals surface area contributed by atoms with Crippen molar-refractivity contribution in [3.05, 3.63) is 71.5 Å². The van der Waals surface area contributed by atoms with E-state index in [2.05, 4.69) is 15.6 Å². The third-order valence-corrected chi connectivity index (χ3v) is 4.18. The molecule has 2 N–H and O–H groups in total. The minimum Gasteiger partial charge on any atom is -0.356 e. The fourth-order valence-electron chi connectivity index (χ4n) is 2.69. The van der Waals surface area contributed by atoms with Gasteiger partial charge in [-0.15, -0.1) is 24.0 Å². The molecule has 0 atom stereocenters. The average molecular weight is 498 g/mol. The number of hydrogen-bond donors (Lipinski definition) is 2. The van der Waals surface area contributed by atoms with Crippen molar-refractivity contribution in [3.63, 3.8) is 0 Å². The number of guanidine groups is 1. The second-order valence-electron chi connectivity index (χ2n) is 6.13. The Hall–Kier alpha value is -2.16. The molecule has 0 heterocycles. The topological polar surface area (TPSA) is 56.7 Å². The molecule has 0 fully saturated rings. The SMILES string of the molecule is CCN(Cc1ccccc1)C(=O)CNC(=NC)NCCc1cccc(F)c1.I. The number of carbonyl (C=O) groups excluding carboxylic acids is 1. The fraction of sp³-hybridized carbons (Fsp3) is 0.333. The summed E-state index contributed by atoms with van der Waals surface area (Å²) in [5, 5.41) is 6.19. The summed E-state index contributed by atoms with van der Waals surface area (Å²) >= 11 is 0. The monoisotopic (exact) mass is 498 g/mol. The van der Waals surface area contributed by atoms with Gasteiger partial charge < -0.3 is 15.5 Å². The Morgan fingerprint density at radius 3 is 2.43 bits per heavy atom. The number of amides is 1. The first-order chi connectivity index (χ1) is 13.1. The number of carbonyl (C=O) groups is 1. The number of aliphatic imine (C=N–C) groups is 1. The summed E-state index contributed by atoms with van der Waals surface area (Å²) in [6, 6.07) is 16.4. The van der Waals surface area contributed by atoms with E-state index < -0.39 is 0 Å². The van der Waals surface area contributed by atoms with Gasteiger partial charge in [0.25, 0.3) is 0 Å². The molecular formula is C21H28FIN4O. The van der Waals surface area contributed by atoms with E-state index in [1.54, 1.807) is 18.0 Å². The lowest BCUT2D eigenvalue weighted by molar-refractivity contribution is -0.130. The van der Waals surface area contributed by atoms with Crippen LogP contribution in [0.2, 0.25) is 0 Å². The largest absolute Gasteiger partial charge is 0.356 e. The minimum absolute atomic E-state index is 0.